The summed E-state index contributed by atoms with van der Waals surface area (Å²) in [4.78, 5) is 14.0. The van der Waals surface area contributed by atoms with Gasteiger partial charge in [0.15, 0.2) is 5.78 Å². The number of benzene rings is 1. The van der Waals surface area contributed by atoms with Gasteiger partial charge in [0, 0.05) is 18.7 Å². The highest BCUT2D eigenvalue weighted by Gasteiger charge is 2.22. The van der Waals surface area contributed by atoms with E-state index in [0.29, 0.717) is 24.7 Å². The molecular weight excluding hydrogens is 210 g/mol. The normalized spacial score (nSPS) is 18.9. The molecule has 0 bridgehead atoms. The van der Waals surface area contributed by atoms with E-state index in [1.165, 1.54) is 11.3 Å². The Hall–Kier alpha value is -1.31. The summed E-state index contributed by atoms with van der Waals surface area (Å²) in [5.74, 6) is 0.996. The monoisotopic (exact) mass is 231 g/mol. The number of ketones is 1. The maximum atomic E-state index is 11.8. The van der Waals surface area contributed by atoms with Crippen molar-refractivity contribution in [2.45, 2.75) is 33.1 Å². The summed E-state index contributed by atoms with van der Waals surface area (Å²) in [5.41, 5.74) is 2.64. The maximum Gasteiger partial charge on any atom is 0.152 e. The number of para-hydroxylation sites is 1. The van der Waals surface area contributed by atoms with Gasteiger partial charge in [0.05, 0.1) is 6.54 Å². The van der Waals surface area contributed by atoms with Crippen LogP contribution in [0.25, 0.3) is 0 Å². The number of Topliss-reactive ketones (excluding diaryl/α,β-unsaturated/α-hetero) is 1. The van der Waals surface area contributed by atoms with Crippen LogP contribution in [0.1, 0.15) is 32.3 Å². The highest BCUT2D eigenvalue weighted by Crippen LogP contribution is 2.29. The highest BCUT2D eigenvalue weighted by molar-refractivity contribution is 5.83. The van der Waals surface area contributed by atoms with Crippen LogP contribution in [0.2, 0.25) is 0 Å². The van der Waals surface area contributed by atoms with E-state index < -0.39 is 0 Å². The number of hydrogen-bond acceptors (Lipinski definition) is 2. The van der Waals surface area contributed by atoms with Gasteiger partial charge in [0.25, 0.3) is 0 Å². The van der Waals surface area contributed by atoms with Crippen LogP contribution in [0, 0.1) is 5.92 Å². The molecule has 1 unspecified atom stereocenters. The van der Waals surface area contributed by atoms with E-state index in [1.807, 2.05) is 0 Å². The van der Waals surface area contributed by atoms with Gasteiger partial charge < -0.3 is 4.90 Å². The van der Waals surface area contributed by atoms with Crippen molar-refractivity contribution >= 4 is 11.5 Å². The average Bonchev–Trinajstić information content (AvgIpc) is 2.29. The van der Waals surface area contributed by atoms with Crippen molar-refractivity contribution in [1.29, 1.82) is 0 Å². The zero-order valence-electron chi connectivity index (χ0n) is 10.8. The van der Waals surface area contributed by atoms with Gasteiger partial charge in [-0.25, -0.2) is 0 Å². The standard InChI is InChI=1S/C15H21NO/c1-3-6-14(17)11-16-10-12(2)9-13-7-4-5-8-15(13)16/h4-5,7-8,12H,3,6,9-11H2,1-2H3. The number of anilines is 1. The third-order valence-corrected chi connectivity index (χ3v) is 3.33. The lowest BCUT2D eigenvalue weighted by atomic mass is 9.93. The average molecular weight is 231 g/mol. The molecule has 92 valence electrons. The molecule has 0 aliphatic carbocycles. The van der Waals surface area contributed by atoms with Crippen molar-refractivity contribution in [2.75, 3.05) is 18.0 Å². The fourth-order valence-corrected chi connectivity index (χ4v) is 2.63. The third kappa shape index (κ3) is 2.87. The summed E-state index contributed by atoms with van der Waals surface area (Å²) in [7, 11) is 0. The molecule has 0 spiro atoms. The summed E-state index contributed by atoms with van der Waals surface area (Å²) >= 11 is 0. The summed E-state index contributed by atoms with van der Waals surface area (Å²) in [6, 6.07) is 8.47. The van der Waals surface area contributed by atoms with Crippen LogP contribution in [0.5, 0.6) is 0 Å². The quantitative estimate of drug-likeness (QED) is 0.793. The number of rotatable bonds is 4. The summed E-state index contributed by atoms with van der Waals surface area (Å²) in [5, 5.41) is 0. The Kier molecular flexibility index (Phi) is 3.82. The molecule has 2 heteroatoms. The molecule has 1 aliphatic rings. The van der Waals surface area contributed by atoms with E-state index in [1.54, 1.807) is 0 Å². The van der Waals surface area contributed by atoms with Crippen LogP contribution in [0.4, 0.5) is 5.69 Å². The lowest BCUT2D eigenvalue weighted by Gasteiger charge is -2.34. The Balaban J connectivity index is 2.15. The predicted octanol–water partition coefficient (Wildman–Crippen LogP) is 3.05. The SMILES string of the molecule is CCCC(=O)CN1CC(C)Cc2ccccc21. The summed E-state index contributed by atoms with van der Waals surface area (Å²) < 4.78 is 0. The zero-order valence-corrected chi connectivity index (χ0v) is 10.8. The van der Waals surface area contributed by atoms with Crippen LogP contribution in [-0.2, 0) is 11.2 Å². The van der Waals surface area contributed by atoms with Gasteiger partial charge in [-0.05, 0) is 30.4 Å². The largest absolute Gasteiger partial charge is 0.364 e. The van der Waals surface area contributed by atoms with Gasteiger partial charge in [-0.2, -0.15) is 0 Å². The Morgan fingerprint density at radius 1 is 1.41 bits per heavy atom. The van der Waals surface area contributed by atoms with E-state index in [0.717, 1.165) is 19.4 Å². The number of hydrogen-bond donors (Lipinski definition) is 0. The molecule has 0 fully saturated rings. The van der Waals surface area contributed by atoms with Crippen LogP contribution in [-0.4, -0.2) is 18.9 Å². The number of carbonyl (C=O) groups excluding carboxylic acids is 1. The topological polar surface area (TPSA) is 20.3 Å². The second-order valence-corrected chi connectivity index (χ2v) is 5.11. The first kappa shape index (κ1) is 12.2. The van der Waals surface area contributed by atoms with Crippen molar-refractivity contribution in [2.24, 2.45) is 5.92 Å². The molecule has 2 nitrogen and oxygen atoms in total. The van der Waals surface area contributed by atoms with Gasteiger partial charge in [-0.15, -0.1) is 0 Å². The molecule has 0 N–H and O–H groups in total. The summed E-state index contributed by atoms with van der Waals surface area (Å²) in [6.45, 7) is 5.90. The van der Waals surface area contributed by atoms with Crippen molar-refractivity contribution in [1.82, 2.24) is 0 Å². The van der Waals surface area contributed by atoms with Gasteiger partial charge in [-0.1, -0.05) is 32.0 Å². The maximum absolute atomic E-state index is 11.8. The molecule has 0 amide bonds. The van der Waals surface area contributed by atoms with Crippen LogP contribution in [0.15, 0.2) is 24.3 Å². The van der Waals surface area contributed by atoms with Gasteiger partial charge >= 0.3 is 0 Å². The Morgan fingerprint density at radius 2 is 2.18 bits per heavy atom. The first-order valence-electron chi connectivity index (χ1n) is 6.55. The minimum absolute atomic E-state index is 0.358. The van der Waals surface area contributed by atoms with Gasteiger partial charge in [0.2, 0.25) is 0 Å². The zero-order chi connectivity index (χ0) is 12.3. The minimum Gasteiger partial charge on any atom is -0.364 e. The Bertz CT molecular complexity index is 400. The Labute approximate surface area is 104 Å². The highest BCUT2D eigenvalue weighted by atomic mass is 16.1. The van der Waals surface area contributed by atoms with Crippen LogP contribution >= 0.6 is 0 Å². The fourth-order valence-electron chi connectivity index (χ4n) is 2.63. The summed E-state index contributed by atoms with van der Waals surface area (Å²) in [6.07, 6.45) is 2.78. The molecule has 1 aromatic rings. The van der Waals surface area contributed by atoms with E-state index in [-0.39, 0.29) is 0 Å². The van der Waals surface area contributed by atoms with E-state index in [2.05, 4.69) is 43.0 Å². The van der Waals surface area contributed by atoms with E-state index in [4.69, 9.17) is 0 Å². The predicted molar refractivity (Wildman–Crippen MR) is 71.4 cm³/mol. The van der Waals surface area contributed by atoms with Crippen molar-refractivity contribution < 1.29 is 4.79 Å². The smallest absolute Gasteiger partial charge is 0.152 e. The first-order chi connectivity index (χ1) is 8.20. The second-order valence-electron chi connectivity index (χ2n) is 5.11. The lowest BCUT2D eigenvalue weighted by molar-refractivity contribution is -0.117. The lowest BCUT2D eigenvalue weighted by Crippen LogP contribution is -2.37. The number of carbonyl (C=O) groups is 1. The third-order valence-electron chi connectivity index (χ3n) is 3.33. The minimum atomic E-state index is 0.358. The molecule has 1 aliphatic heterocycles. The van der Waals surface area contributed by atoms with Crippen LogP contribution in [0.3, 0.4) is 0 Å². The fraction of sp³-hybridized carbons (Fsp3) is 0.533. The molecule has 0 saturated heterocycles. The van der Waals surface area contributed by atoms with Gasteiger partial charge in [0.1, 0.15) is 0 Å². The Morgan fingerprint density at radius 3 is 2.94 bits per heavy atom. The van der Waals surface area contributed by atoms with Gasteiger partial charge in [-0.3, -0.25) is 4.79 Å². The molecule has 0 saturated carbocycles. The molecule has 2 rings (SSSR count). The molecule has 17 heavy (non-hydrogen) atoms. The van der Waals surface area contributed by atoms with E-state index >= 15 is 0 Å². The number of fused-ring (bicyclic) bond motifs is 1. The van der Waals surface area contributed by atoms with Crippen molar-refractivity contribution in [3.05, 3.63) is 29.8 Å². The molecule has 1 atom stereocenters. The van der Waals surface area contributed by atoms with Crippen LogP contribution < -0.4 is 4.90 Å². The molecule has 1 heterocycles. The first-order valence-corrected chi connectivity index (χ1v) is 6.55. The second kappa shape index (κ2) is 5.35. The molecule has 0 aromatic heterocycles. The van der Waals surface area contributed by atoms with Crippen molar-refractivity contribution in [3.8, 4) is 0 Å². The number of nitrogens with zero attached hydrogens (tertiary/aromatic N) is 1. The molecule has 0 radical (unpaired) electrons. The molecular formula is C15H21NO. The van der Waals surface area contributed by atoms with E-state index in [9.17, 15) is 4.79 Å². The van der Waals surface area contributed by atoms with Crippen molar-refractivity contribution in [3.63, 3.8) is 0 Å². The molecule has 1 aromatic carbocycles.